The van der Waals surface area contributed by atoms with Gasteiger partial charge in [0.2, 0.25) is 0 Å². The minimum atomic E-state index is -1.000. The van der Waals surface area contributed by atoms with Crippen LogP contribution in [-0.4, -0.2) is 83.9 Å². The van der Waals surface area contributed by atoms with Crippen LogP contribution in [0.2, 0.25) is 0 Å². The monoisotopic (exact) mass is 980 g/mol. The van der Waals surface area contributed by atoms with Crippen molar-refractivity contribution in [2.24, 2.45) is 5.41 Å². The SMILES string of the molecule is O=C(/C=C/c1ccccc1)OCc1cn(CC(Cn2cc(COC(=O)/C=C/c3ccccc3)nn2)(Cn2cc(COC(=O)/C=C/c3ccccc3)nn2)Cn2cc(COC(=O)/C=C/c3ccccc3)nn2)nn1. The normalized spacial score (nSPS) is 11.7. The molecule has 0 atom stereocenters. The highest BCUT2D eigenvalue weighted by molar-refractivity contribution is 5.88. The smallest absolute Gasteiger partial charge is 0.331 e. The fourth-order valence-electron chi connectivity index (χ4n) is 7.29. The Morgan fingerprint density at radius 2 is 0.575 bits per heavy atom. The summed E-state index contributed by atoms with van der Waals surface area (Å²) in [6.45, 7) is -0.138. The topological polar surface area (TPSA) is 228 Å². The van der Waals surface area contributed by atoms with E-state index >= 15 is 0 Å². The van der Waals surface area contributed by atoms with Crippen LogP contribution < -0.4 is 0 Å². The van der Waals surface area contributed by atoms with Crippen LogP contribution in [0.25, 0.3) is 24.3 Å². The Bertz CT molecular complexity index is 2750. The van der Waals surface area contributed by atoms with Crippen molar-refractivity contribution in [1.29, 1.82) is 0 Å². The molecule has 0 amide bonds. The average molecular weight is 981 g/mol. The van der Waals surface area contributed by atoms with Crippen LogP contribution in [0.15, 0.2) is 170 Å². The van der Waals surface area contributed by atoms with Crippen molar-refractivity contribution in [2.45, 2.75) is 52.6 Å². The Hall–Kier alpha value is -9.72. The lowest BCUT2D eigenvalue weighted by molar-refractivity contribution is -0.139. The summed E-state index contributed by atoms with van der Waals surface area (Å²) in [5.74, 6) is -2.25. The van der Waals surface area contributed by atoms with Gasteiger partial charge in [0.05, 0.1) is 51.0 Å². The number of carbonyl (C=O) groups excluding carboxylic acids is 4. The first-order valence-corrected chi connectivity index (χ1v) is 22.8. The third-order valence-electron chi connectivity index (χ3n) is 10.6. The van der Waals surface area contributed by atoms with Gasteiger partial charge in [-0.25, -0.2) is 19.2 Å². The van der Waals surface area contributed by atoms with E-state index in [2.05, 4.69) is 41.2 Å². The highest BCUT2D eigenvalue weighted by Crippen LogP contribution is 2.28. The third-order valence-corrected chi connectivity index (χ3v) is 10.6. The molecule has 0 spiro atoms. The van der Waals surface area contributed by atoms with Gasteiger partial charge in [-0.15, -0.1) is 20.4 Å². The molecule has 0 N–H and O–H groups in total. The second-order valence-corrected chi connectivity index (χ2v) is 16.5. The van der Waals surface area contributed by atoms with Crippen molar-refractivity contribution in [3.8, 4) is 0 Å². The molecule has 0 radical (unpaired) electrons. The first-order chi connectivity index (χ1) is 35.7. The molecule has 0 unspecified atom stereocenters. The number of rotatable bonds is 24. The van der Waals surface area contributed by atoms with Crippen molar-refractivity contribution in [2.75, 3.05) is 0 Å². The van der Waals surface area contributed by atoms with Gasteiger partial charge < -0.3 is 18.9 Å². The van der Waals surface area contributed by atoms with Crippen molar-refractivity contribution < 1.29 is 38.1 Å². The van der Waals surface area contributed by atoms with Crippen LogP contribution in [0.4, 0.5) is 0 Å². The van der Waals surface area contributed by atoms with Crippen LogP contribution in [0, 0.1) is 5.41 Å². The molecule has 0 aliphatic rings. The summed E-state index contributed by atoms with van der Waals surface area (Å²) in [4.78, 5) is 50.7. The molecule has 0 saturated heterocycles. The van der Waals surface area contributed by atoms with Crippen LogP contribution >= 0.6 is 0 Å². The molecule has 0 aliphatic heterocycles. The zero-order chi connectivity index (χ0) is 50.5. The molecule has 0 bridgehead atoms. The Labute approximate surface area is 418 Å². The maximum Gasteiger partial charge on any atom is 0.331 e. The minimum Gasteiger partial charge on any atom is -0.456 e. The van der Waals surface area contributed by atoms with Gasteiger partial charge in [-0.2, -0.15) is 0 Å². The van der Waals surface area contributed by atoms with E-state index < -0.39 is 29.3 Å². The van der Waals surface area contributed by atoms with Gasteiger partial charge in [-0.1, -0.05) is 142 Å². The van der Waals surface area contributed by atoms with Crippen molar-refractivity contribution in [3.05, 3.63) is 215 Å². The molecule has 0 fully saturated rings. The number of nitrogens with zero attached hydrogens (tertiary/aromatic N) is 12. The number of ether oxygens (including phenoxy) is 4. The van der Waals surface area contributed by atoms with Gasteiger partial charge in [0, 0.05) is 29.7 Å². The van der Waals surface area contributed by atoms with E-state index in [0.29, 0.717) is 22.8 Å². The molecular formula is C53H48N12O8. The number of aromatic nitrogens is 12. The summed E-state index contributed by atoms with van der Waals surface area (Å²) in [5, 5.41) is 34.8. The quantitative estimate of drug-likeness (QED) is 0.0375. The number of benzene rings is 4. The molecule has 0 saturated carbocycles. The van der Waals surface area contributed by atoms with Gasteiger partial charge in [-0.05, 0) is 46.6 Å². The van der Waals surface area contributed by atoms with E-state index in [9.17, 15) is 19.2 Å². The van der Waals surface area contributed by atoms with Crippen molar-refractivity contribution >= 4 is 48.2 Å². The van der Waals surface area contributed by atoms with Crippen LogP contribution in [-0.2, 0) is 90.7 Å². The number of carbonyl (C=O) groups is 4. The molecule has 4 aromatic heterocycles. The fraction of sp³-hybridized carbons (Fsp3) is 0.170. The number of hydrogen-bond acceptors (Lipinski definition) is 16. The molecule has 20 heteroatoms. The van der Waals surface area contributed by atoms with Crippen LogP contribution in [0.5, 0.6) is 0 Å². The highest BCUT2D eigenvalue weighted by Gasteiger charge is 2.36. The van der Waals surface area contributed by atoms with Crippen molar-refractivity contribution in [1.82, 2.24) is 60.0 Å². The van der Waals surface area contributed by atoms with Gasteiger partial charge in [0.1, 0.15) is 49.2 Å². The Kier molecular flexibility index (Phi) is 17.2. The van der Waals surface area contributed by atoms with Gasteiger partial charge in [0.25, 0.3) is 0 Å². The summed E-state index contributed by atoms with van der Waals surface area (Å²) >= 11 is 0. The summed E-state index contributed by atoms with van der Waals surface area (Å²) in [6.07, 6.45) is 18.6. The summed E-state index contributed by atoms with van der Waals surface area (Å²) in [6, 6.07) is 37.4. The summed E-state index contributed by atoms with van der Waals surface area (Å²) < 4.78 is 28.4. The molecular weight excluding hydrogens is 933 g/mol. The standard InChI is InChI=1S/C53H48N12O8/c66-49(25-21-41-13-5-1-6-14-41)70-33-45-29-62(58-54-45)37-53(38-63-30-46(55-59-63)34-71-50(67)26-22-42-15-7-2-8-16-42,39-64-31-47(56-60-64)35-72-51(68)27-23-43-17-9-3-10-18-43)40-65-32-48(57-61-65)36-73-52(69)28-24-44-19-11-4-12-20-44/h1-32H,33-40H2/b25-21+,26-22+,27-23+,28-24+. The largest absolute Gasteiger partial charge is 0.456 e. The van der Waals surface area contributed by atoms with E-state index in [-0.39, 0.29) is 52.6 Å². The van der Waals surface area contributed by atoms with Crippen LogP contribution in [0.3, 0.4) is 0 Å². The molecule has 4 heterocycles. The van der Waals surface area contributed by atoms with E-state index in [0.717, 1.165) is 22.3 Å². The Morgan fingerprint density at radius 1 is 0.356 bits per heavy atom. The van der Waals surface area contributed by atoms with Gasteiger partial charge in [0.15, 0.2) is 0 Å². The van der Waals surface area contributed by atoms with Gasteiger partial charge >= 0.3 is 23.9 Å². The van der Waals surface area contributed by atoms with E-state index in [1.165, 1.54) is 24.3 Å². The highest BCUT2D eigenvalue weighted by atomic mass is 16.5. The molecule has 73 heavy (non-hydrogen) atoms. The zero-order valence-electron chi connectivity index (χ0n) is 39.3. The van der Waals surface area contributed by atoms with Crippen molar-refractivity contribution in [3.63, 3.8) is 0 Å². The first kappa shape index (κ1) is 49.7. The second kappa shape index (κ2) is 25.2. The molecule has 0 aliphatic carbocycles. The Balaban J connectivity index is 1.03. The maximum absolute atomic E-state index is 12.7. The predicted octanol–water partition coefficient (Wildman–Crippen LogP) is 6.17. The predicted molar refractivity (Wildman–Crippen MR) is 264 cm³/mol. The molecule has 4 aromatic carbocycles. The lowest BCUT2D eigenvalue weighted by Crippen LogP contribution is -2.41. The minimum absolute atomic E-state index is 0.124. The third kappa shape index (κ3) is 16.2. The maximum atomic E-state index is 12.7. The lowest BCUT2D eigenvalue weighted by Gasteiger charge is -2.33. The molecule has 8 aromatic rings. The molecule has 20 nitrogen and oxygen atoms in total. The van der Waals surface area contributed by atoms with E-state index in [1.54, 1.807) is 67.8 Å². The number of hydrogen-bond donors (Lipinski definition) is 0. The zero-order valence-corrected chi connectivity index (χ0v) is 39.3. The van der Waals surface area contributed by atoms with Crippen LogP contribution in [0.1, 0.15) is 45.0 Å². The molecule has 368 valence electrons. The lowest BCUT2D eigenvalue weighted by atomic mass is 9.87. The number of esters is 4. The first-order valence-electron chi connectivity index (χ1n) is 22.8. The Morgan fingerprint density at radius 3 is 0.795 bits per heavy atom. The summed E-state index contributed by atoms with van der Waals surface area (Å²) in [5.41, 5.74) is 3.85. The van der Waals surface area contributed by atoms with E-state index in [4.69, 9.17) is 18.9 Å². The van der Waals surface area contributed by atoms with E-state index in [1.807, 2.05) is 121 Å². The van der Waals surface area contributed by atoms with Gasteiger partial charge in [-0.3, -0.25) is 18.7 Å². The molecule has 8 rings (SSSR count). The summed E-state index contributed by atoms with van der Waals surface area (Å²) in [7, 11) is 0. The fourth-order valence-corrected chi connectivity index (χ4v) is 7.29. The second-order valence-electron chi connectivity index (χ2n) is 16.5. The average Bonchev–Trinajstić information content (AvgIpc) is 4.27.